The Balaban J connectivity index is 1.91. The van der Waals surface area contributed by atoms with Crippen molar-refractivity contribution in [3.63, 3.8) is 0 Å². The lowest BCUT2D eigenvalue weighted by atomic mass is 10.3. The Hall–Kier alpha value is -2.51. The first-order valence-electron chi connectivity index (χ1n) is 6.69. The third kappa shape index (κ3) is 3.57. The second kappa shape index (κ2) is 5.36. The highest BCUT2D eigenvalue weighted by molar-refractivity contribution is 5.59. The van der Waals surface area contributed by atoms with Crippen LogP contribution in [0.2, 0.25) is 0 Å². The normalized spacial score (nSPS) is 14.7. The molecule has 0 radical (unpaired) electrons. The van der Waals surface area contributed by atoms with E-state index in [-0.39, 0.29) is 23.6 Å². The van der Waals surface area contributed by atoms with E-state index in [4.69, 9.17) is 0 Å². The number of aromatic hydroxyl groups is 1. The first kappa shape index (κ1) is 14.4. The fourth-order valence-electron chi connectivity index (χ4n) is 1.86. The third-order valence-electron chi connectivity index (χ3n) is 3.05. The second-order valence-electron chi connectivity index (χ2n) is 5.05. The van der Waals surface area contributed by atoms with Crippen LogP contribution in [0, 0.1) is 0 Å². The van der Waals surface area contributed by atoms with Gasteiger partial charge in [-0.05, 0) is 25.0 Å². The molecule has 1 heterocycles. The molecule has 1 aliphatic carbocycles. The minimum atomic E-state index is -4.56. The van der Waals surface area contributed by atoms with Crippen LogP contribution in [0.3, 0.4) is 0 Å². The number of anilines is 3. The molecule has 0 bridgehead atoms. The van der Waals surface area contributed by atoms with Gasteiger partial charge in [-0.2, -0.15) is 18.2 Å². The Morgan fingerprint density at radius 3 is 2.55 bits per heavy atom. The number of phenols is 1. The average Bonchev–Trinajstić information content (AvgIpc) is 3.21. The van der Waals surface area contributed by atoms with Crippen molar-refractivity contribution in [2.45, 2.75) is 25.1 Å². The minimum absolute atomic E-state index is 0.00595. The molecule has 2 aromatic rings. The van der Waals surface area contributed by atoms with Gasteiger partial charge in [-0.3, -0.25) is 0 Å². The summed E-state index contributed by atoms with van der Waals surface area (Å²) in [6.45, 7) is 0. The summed E-state index contributed by atoms with van der Waals surface area (Å²) in [5.41, 5.74) is -0.586. The molecule has 0 spiro atoms. The van der Waals surface area contributed by atoms with Crippen LogP contribution >= 0.6 is 0 Å². The number of hydrogen-bond acceptors (Lipinski definition) is 5. The standard InChI is InChI=1S/C14H13F3N4O/c15-14(16,17)11-7-12(18-9-2-1-3-10(22)6-9)21-13(20-11)19-8-4-5-8/h1-3,6-8,22H,4-5H2,(H2,18,19,20,21). The molecule has 3 rings (SSSR count). The summed E-state index contributed by atoms with van der Waals surface area (Å²) < 4.78 is 38.8. The van der Waals surface area contributed by atoms with Crippen LogP contribution in [0.15, 0.2) is 30.3 Å². The van der Waals surface area contributed by atoms with Crippen LogP contribution in [0.4, 0.5) is 30.6 Å². The SMILES string of the molecule is Oc1cccc(Nc2cc(C(F)(F)F)nc(NC3CC3)n2)c1. The molecule has 1 aliphatic rings. The molecule has 0 unspecified atom stereocenters. The van der Waals surface area contributed by atoms with Crippen LogP contribution in [-0.4, -0.2) is 21.1 Å². The average molecular weight is 310 g/mol. The molecule has 116 valence electrons. The highest BCUT2D eigenvalue weighted by atomic mass is 19.4. The van der Waals surface area contributed by atoms with Gasteiger partial charge in [0.15, 0.2) is 5.69 Å². The van der Waals surface area contributed by atoms with E-state index >= 15 is 0 Å². The van der Waals surface area contributed by atoms with E-state index in [2.05, 4.69) is 20.6 Å². The first-order valence-corrected chi connectivity index (χ1v) is 6.69. The van der Waals surface area contributed by atoms with E-state index in [1.165, 1.54) is 12.1 Å². The second-order valence-corrected chi connectivity index (χ2v) is 5.05. The largest absolute Gasteiger partial charge is 0.508 e. The number of halogens is 3. The Kier molecular flexibility index (Phi) is 3.51. The molecule has 1 saturated carbocycles. The summed E-state index contributed by atoms with van der Waals surface area (Å²) in [6, 6.07) is 7.02. The number of aromatic nitrogens is 2. The maximum Gasteiger partial charge on any atom is 0.433 e. The molecular weight excluding hydrogens is 297 g/mol. The van der Waals surface area contributed by atoms with E-state index in [1.54, 1.807) is 12.1 Å². The Morgan fingerprint density at radius 1 is 1.14 bits per heavy atom. The molecule has 1 aromatic heterocycles. The van der Waals surface area contributed by atoms with Crippen molar-refractivity contribution < 1.29 is 18.3 Å². The summed E-state index contributed by atoms with van der Waals surface area (Å²) in [4.78, 5) is 7.54. The smallest absolute Gasteiger partial charge is 0.433 e. The van der Waals surface area contributed by atoms with E-state index in [0.29, 0.717) is 5.69 Å². The molecule has 1 aromatic carbocycles. The number of nitrogens with one attached hydrogen (secondary N) is 2. The Bertz CT molecular complexity index is 686. The van der Waals surface area contributed by atoms with Crippen molar-refractivity contribution in [2.24, 2.45) is 0 Å². The summed E-state index contributed by atoms with van der Waals surface area (Å²) >= 11 is 0. The summed E-state index contributed by atoms with van der Waals surface area (Å²) in [5.74, 6) is -0.0394. The Morgan fingerprint density at radius 2 is 1.91 bits per heavy atom. The first-order chi connectivity index (χ1) is 10.4. The molecule has 1 fully saturated rings. The van der Waals surface area contributed by atoms with Gasteiger partial charge in [0.05, 0.1) is 0 Å². The molecule has 0 saturated heterocycles. The highest BCUT2D eigenvalue weighted by Crippen LogP contribution is 2.32. The molecule has 5 nitrogen and oxygen atoms in total. The van der Waals surface area contributed by atoms with E-state index < -0.39 is 11.9 Å². The lowest BCUT2D eigenvalue weighted by Gasteiger charge is -2.12. The lowest BCUT2D eigenvalue weighted by molar-refractivity contribution is -0.141. The predicted molar refractivity (Wildman–Crippen MR) is 75.1 cm³/mol. The lowest BCUT2D eigenvalue weighted by Crippen LogP contribution is -2.14. The molecule has 0 aliphatic heterocycles. The van der Waals surface area contributed by atoms with E-state index in [9.17, 15) is 18.3 Å². The number of phenolic OH excluding ortho intramolecular Hbond substituents is 1. The van der Waals surface area contributed by atoms with Crippen molar-refractivity contribution in [3.8, 4) is 5.75 Å². The molecule has 3 N–H and O–H groups in total. The van der Waals surface area contributed by atoms with Gasteiger partial charge in [0.2, 0.25) is 5.95 Å². The minimum Gasteiger partial charge on any atom is -0.508 e. The topological polar surface area (TPSA) is 70.1 Å². The molecule has 8 heteroatoms. The third-order valence-corrected chi connectivity index (χ3v) is 3.05. The van der Waals surface area contributed by atoms with Crippen LogP contribution in [0.1, 0.15) is 18.5 Å². The van der Waals surface area contributed by atoms with E-state index in [0.717, 1.165) is 18.9 Å². The van der Waals surface area contributed by atoms with Gasteiger partial charge in [-0.1, -0.05) is 6.07 Å². The van der Waals surface area contributed by atoms with Crippen LogP contribution < -0.4 is 10.6 Å². The summed E-state index contributed by atoms with van der Waals surface area (Å²) in [6.07, 6.45) is -2.76. The fourth-order valence-corrected chi connectivity index (χ4v) is 1.86. The van der Waals surface area contributed by atoms with Crippen molar-refractivity contribution in [1.82, 2.24) is 9.97 Å². The van der Waals surface area contributed by atoms with Gasteiger partial charge in [0, 0.05) is 23.9 Å². The fraction of sp³-hybridized carbons (Fsp3) is 0.286. The summed E-state index contributed by atoms with van der Waals surface area (Å²) in [7, 11) is 0. The Labute approximate surface area is 124 Å². The molecule has 22 heavy (non-hydrogen) atoms. The number of rotatable bonds is 4. The van der Waals surface area contributed by atoms with Crippen molar-refractivity contribution in [2.75, 3.05) is 10.6 Å². The zero-order valence-electron chi connectivity index (χ0n) is 11.4. The molecule has 0 atom stereocenters. The number of alkyl halides is 3. The maximum atomic E-state index is 12.9. The van der Waals surface area contributed by atoms with Gasteiger partial charge in [0.1, 0.15) is 11.6 Å². The number of benzene rings is 1. The van der Waals surface area contributed by atoms with Crippen molar-refractivity contribution >= 4 is 17.5 Å². The summed E-state index contributed by atoms with van der Waals surface area (Å²) in [5, 5.41) is 15.0. The van der Waals surface area contributed by atoms with Gasteiger partial charge >= 0.3 is 6.18 Å². The van der Waals surface area contributed by atoms with E-state index in [1.807, 2.05) is 0 Å². The van der Waals surface area contributed by atoms with Crippen molar-refractivity contribution in [3.05, 3.63) is 36.0 Å². The highest BCUT2D eigenvalue weighted by Gasteiger charge is 2.34. The predicted octanol–water partition coefficient (Wildman–Crippen LogP) is 3.52. The van der Waals surface area contributed by atoms with Gasteiger partial charge in [-0.15, -0.1) is 0 Å². The number of nitrogens with zero attached hydrogens (tertiary/aromatic N) is 2. The molecular formula is C14H13F3N4O. The monoisotopic (exact) mass is 310 g/mol. The van der Waals surface area contributed by atoms with Crippen LogP contribution in [-0.2, 0) is 6.18 Å². The zero-order valence-corrected chi connectivity index (χ0v) is 11.4. The van der Waals surface area contributed by atoms with Gasteiger partial charge in [-0.25, -0.2) is 4.98 Å². The zero-order chi connectivity index (χ0) is 15.7. The van der Waals surface area contributed by atoms with Crippen molar-refractivity contribution in [1.29, 1.82) is 0 Å². The van der Waals surface area contributed by atoms with Gasteiger partial charge < -0.3 is 15.7 Å². The quantitative estimate of drug-likeness (QED) is 0.806. The van der Waals surface area contributed by atoms with Gasteiger partial charge in [0.25, 0.3) is 0 Å². The maximum absolute atomic E-state index is 12.9. The number of hydrogen-bond donors (Lipinski definition) is 3. The molecule has 0 amide bonds. The van der Waals surface area contributed by atoms with Crippen LogP contribution in [0.25, 0.3) is 0 Å². The van der Waals surface area contributed by atoms with Crippen LogP contribution in [0.5, 0.6) is 5.75 Å².